The highest BCUT2D eigenvalue weighted by Crippen LogP contribution is 2.27. The van der Waals surface area contributed by atoms with Gasteiger partial charge in [-0.1, -0.05) is 52.4 Å². The largest absolute Gasteiger partial charge is 0.0625 e. The zero-order chi connectivity index (χ0) is 8.10. The SMILES string of the molecule is CC(C)C1CCC[CH]CCC1. The number of hydrogen-bond acceptors (Lipinski definition) is 0. The zero-order valence-electron chi connectivity index (χ0n) is 7.97. The summed E-state index contributed by atoms with van der Waals surface area (Å²) in [7, 11) is 0. The third-order valence-electron chi connectivity index (χ3n) is 2.91. The van der Waals surface area contributed by atoms with E-state index in [0.29, 0.717) is 0 Å². The van der Waals surface area contributed by atoms with Crippen molar-refractivity contribution in [3.05, 3.63) is 6.42 Å². The average Bonchev–Trinajstić information content (AvgIpc) is 1.84. The minimum Gasteiger partial charge on any atom is -0.0625 e. The van der Waals surface area contributed by atoms with E-state index in [0.717, 1.165) is 11.8 Å². The van der Waals surface area contributed by atoms with Crippen molar-refractivity contribution in [2.45, 2.75) is 52.4 Å². The Hall–Kier alpha value is 0. The predicted molar refractivity (Wildman–Crippen MR) is 50.3 cm³/mol. The van der Waals surface area contributed by atoms with Gasteiger partial charge in [0.15, 0.2) is 0 Å². The van der Waals surface area contributed by atoms with Crippen LogP contribution in [0.4, 0.5) is 0 Å². The van der Waals surface area contributed by atoms with E-state index in [1.54, 1.807) is 0 Å². The average molecular weight is 153 g/mol. The van der Waals surface area contributed by atoms with Crippen molar-refractivity contribution in [2.24, 2.45) is 11.8 Å². The van der Waals surface area contributed by atoms with Crippen molar-refractivity contribution >= 4 is 0 Å². The molecule has 1 saturated carbocycles. The summed E-state index contributed by atoms with van der Waals surface area (Å²) in [6.45, 7) is 4.74. The molecule has 0 saturated heterocycles. The van der Waals surface area contributed by atoms with E-state index in [1.807, 2.05) is 0 Å². The zero-order valence-corrected chi connectivity index (χ0v) is 7.97. The fraction of sp³-hybridized carbons (Fsp3) is 0.909. The summed E-state index contributed by atoms with van der Waals surface area (Å²) in [6, 6.07) is 0. The molecule has 65 valence electrons. The van der Waals surface area contributed by atoms with Crippen LogP contribution >= 0.6 is 0 Å². The first-order valence-electron chi connectivity index (χ1n) is 5.12. The molecule has 0 aliphatic heterocycles. The van der Waals surface area contributed by atoms with Crippen LogP contribution in [0.15, 0.2) is 0 Å². The molecule has 0 bridgehead atoms. The summed E-state index contributed by atoms with van der Waals surface area (Å²) in [5, 5.41) is 0. The molecule has 0 aromatic carbocycles. The quantitative estimate of drug-likeness (QED) is 0.537. The van der Waals surface area contributed by atoms with Gasteiger partial charge in [-0.05, 0) is 18.3 Å². The third kappa shape index (κ3) is 3.27. The molecule has 0 heterocycles. The Balaban J connectivity index is 2.26. The summed E-state index contributed by atoms with van der Waals surface area (Å²) in [5.74, 6) is 1.93. The number of hydrogen-bond donors (Lipinski definition) is 0. The van der Waals surface area contributed by atoms with Crippen molar-refractivity contribution in [2.75, 3.05) is 0 Å². The Bertz CT molecular complexity index is 86.2. The Labute approximate surface area is 71.4 Å². The highest BCUT2D eigenvalue weighted by molar-refractivity contribution is 4.73. The first-order valence-corrected chi connectivity index (χ1v) is 5.12. The molecule has 0 nitrogen and oxygen atoms in total. The first-order chi connectivity index (χ1) is 5.30. The Morgan fingerprint density at radius 3 is 2.09 bits per heavy atom. The van der Waals surface area contributed by atoms with Crippen molar-refractivity contribution in [3.8, 4) is 0 Å². The van der Waals surface area contributed by atoms with Gasteiger partial charge in [0.2, 0.25) is 0 Å². The molecule has 0 amide bonds. The van der Waals surface area contributed by atoms with Gasteiger partial charge in [0.1, 0.15) is 0 Å². The molecule has 0 aromatic heterocycles. The maximum absolute atomic E-state index is 2.47. The van der Waals surface area contributed by atoms with Crippen LogP contribution in [0, 0.1) is 18.3 Å². The van der Waals surface area contributed by atoms with Gasteiger partial charge >= 0.3 is 0 Å². The second-order valence-electron chi connectivity index (χ2n) is 4.15. The molecule has 0 unspecified atom stereocenters. The van der Waals surface area contributed by atoms with E-state index in [-0.39, 0.29) is 0 Å². The van der Waals surface area contributed by atoms with Crippen molar-refractivity contribution < 1.29 is 0 Å². The lowest BCUT2D eigenvalue weighted by atomic mass is 9.84. The molecule has 1 aliphatic carbocycles. The molecule has 11 heavy (non-hydrogen) atoms. The fourth-order valence-electron chi connectivity index (χ4n) is 2.00. The van der Waals surface area contributed by atoms with Crippen LogP contribution in [0.2, 0.25) is 0 Å². The van der Waals surface area contributed by atoms with Crippen molar-refractivity contribution in [1.29, 1.82) is 0 Å². The molecule has 1 aliphatic rings. The molecule has 0 heteroatoms. The van der Waals surface area contributed by atoms with Crippen molar-refractivity contribution in [1.82, 2.24) is 0 Å². The van der Waals surface area contributed by atoms with Crippen LogP contribution in [-0.2, 0) is 0 Å². The van der Waals surface area contributed by atoms with E-state index >= 15 is 0 Å². The van der Waals surface area contributed by atoms with E-state index in [9.17, 15) is 0 Å². The number of rotatable bonds is 1. The topological polar surface area (TPSA) is 0 Å². The van der Waals surface area contributed by atoms with Gasteiger partial charge in [-0.25, -0.2) is 0 Å². The van der Waals surface area contributed by atoms with Crippen LogP contribution in [0.5, 0.6) is 0 Å². The molecule has 0 atom stereocenters. The monoisotopic (exact) mass is 153 g/mol. The first kappa shape index (κ1) is 9.09. The summed E-state index contributed by atoms with van der Waals surface area (Å²) >= 11 is 0. The van der Waals surface area contributed by atoms with Crippen LogP contribution in [0.3, 0.4) is 0 Å². The normalized spacial score (nSPS) is 23.2. The van der Waals surface area contributed by atoms with Gasteiger partial charge in [0.25, 0.3) is 0 Å². The van der Waals surface area contributed by atoms with Gasteiger partial charge in [-0.2, -0.15) is 0 Å². The van der Waals surface area contributed by atoms with Crippen molar-refractivity contribution in [3.63, 3.8) is 0 Å². The van der Waals surface area contributed by atoms with Crippen LogP contribution in [-0.4, -0.2) is 0 Å². The minimum atomic E-state index is 0.910. The summed E-state index contributed by atoms with van der Waals surface area (Å²) < 4.78 is 0. The minimum absolute atomic E-state index is 0.910. The smallest absolute Gasteiger partial charge is 0.0386 e. The second kappa shape index (κ2) is 4.79. The molecule has 1 radical (unpaired) electrons. The summed E-state index contributed by atoms with van der Waals surface area (Å²) in [6.07, 6.45) is 11.0. The maximum atomic E-state index is 2.47. The van der Waals surface area contributed by atoms with Gasteiger partial charge in [-0.3, -0.25) is 0 Å². The molecular formula is C11H21. The standard InChI is InChI=1S/C11H21/c1-10(2)11-8-6-4-3-5-7-9-11/h3,10-11H,4-9H2,1-2H3. The van der Waals surface area contributed by atoms with Crippen LogP contribution in [0.25, 0.3) is 0 Å². The lowest BCUT2D eigenvalue weighted by Gasteiger charge is -2.22. The molecule has 1 fully saturated rings. The Kier molecular flexibility index (Phi) is 3.96. The van der Waals surface area contributed by atoms with E-state index in [1.165, 1.54) is 38.5 Å². The highest BCUT2D eigenvalue weighted by Gasteiger charge is 2.13. The summed E-state index contributed by atoms with van der Waals surface area (Å²) in [4.78, 5) is 0. The van der Waals surface area contributed by atoms with Gasteiger partial charge in [-0.15, -0.1) is 0 Å². The lowest BCUT2D eigenvalue weighted by Crippen LogP contribution is -2.10. The fourth-order valence-corrected chi connectivity index (χ4v) is 2.00. The van der Waals surface area contributed by atoms with E-state index < -0.39 is 0 Å². The van der Waals surface area contributed by atoms with E-state index in [2.05, 4.69) is 20.3 Å². The predicted octanol–water partition coefficient (Wildman–Crippen LogP) is 3.82. The maximum Gasteiger partial charge on any atom is -0.0386 e. The van der Waals surface area contributed by atoms with Crippen LogP contribution < -0.4 is 0 Å². The molecule has 0 spiro atoms. The molecule has 0 N–H and O–H groups in total. The third-order valence-corrected chi connectivity index (χ3v) is 2.91. The molecule has 0 aromatic rings. The second-order valence-corrected chi connectivity index (χ2v) is 4.15. The van der Waals surface area contributed by atoms with Gasteiger partial charge in [0.05, 0.1) is 0 Å². The van der Waals surface area contributed by atoms with Crippen LogP contribution in [0.1, 0.15) is 52.4 Å². The Morgan fingerprint density at radius 1 is 1.09 bits per heavy atom. The van der Waals surface area contributed by atoms with Gasteiger partial charge in [0, 0.05) is 0 Å². The molecular weight excluding hydrogens is 132 g/mol. The highest BCUT2D eigenvalue weighted by atomic mass is 14.2. The molecule has 1 rings (SSSR count). The van der Waals surface area contributed by atoms with E-state index in [4.69, 9.17) is 0 Å². The summed E-state index contributed by atoms with van der Waals surface area (Å²) in [5.41, 5.74) is 0. The van der Waals surface area contributed by atoms with Gasteiger partial charge < -0.3 is 0 Å². The Morgan fingerprint density at radius 2 is 1.64 bits per heavy atom. The lowest BCUT2D eigenvalue weighted by molar-refractivity contribution is 0.311.